The van der Waals surface area contributed by atoms with Crippen molar-refractivity contribution in [2.45, 2.75) is 222 Å². The Morgan fingerprint density at radius 3 is 1.54 bits per heavy atom. The number of hydrogen-bond acceptors (Lipinski definition) is 20. The molecule has 6 unspecified atom stereocenters. The van der Waals surface area contributed by atoms with E-state index in [9.17, 15) is 49.3 Å². The number of hydrogen-bond donors (Lipinski definition) is 11. The fourth-order valence-electron chi connectivity index (χ4n) is 14.2. The second-order valence-corrected chi connectivity index (χ2v) is 37.3. The Hall–Kier alpha value is -11.6. The van der Waals surface area contributed by atoms with Gasteiger partial charge < -0.3 is 96.0 Å². The van der Waals surface area contributed by atoms with E-state index in [1.54, 1.807) is 60.4 Å². The van der Waals surface area contributed by atoms with Gasteiger partial charge in [0.05, 0.1) is 75.7 Å². The zero-order valence-corrected chi connectivity index (χ0v) is 79.4. The van der Waals surface area contributed by atoms with Crippen LogP contribution in [0.25, 0.3) is 33.9 Å². The molecule has 0 saturated carbocycles. The molecule has 0 fully saturated rings. The van der Waals surface area contributed by atoms with Crippen LogP contribution in [0.2, 0.25) is 10.0 Å². The number of imidazole rings is 2. The highest BCUT2D eigenvalue weighted by Gasteiger charge is 2.35. The van der Waals surface area contributed by atoms with Crippen LogP contribution < -0.4 is 57.2 Å². The Morgan fingerprint density at radius 2 is 1.09 bits per heavy atom. The average Bonchev–Trinajstić information content (AvgIpc) is 1.63. The summed E-state index contributed by atoms with van der Waals surface area (Å²) in [6, 6.07) is 43.4. The molecule has 0 spiro atoms. The van der Waals surface area contributed by atoms with Crippen molar-refractivity contribution in [3.05, 3.63) is 230 Å². The van der Waals surface area contributed by atoms with Gasteiger partial charge in [-0.15, -0.1) is 0 Å². The summed E-state index contributed by atoms with van der Waals surface area (Å²) < 4.78 is 26.3. The molecule has 6 amide bonds. The Kier molecular flexibility index (Phi) is 38.0. The molecule has 1 aliphatic rings. The molecule has 0 aliphatic carbocycles. The minimum absolute atomic E-state index is 0.0260. The number of fused-ring (bicyclic) bond motifs is 1. The summed E-state index contributed by atoms with van der Waals surface area (Å²) in [5.74, 6) is 0.853. The summed E-state index contributed by atoms with van der Waals surface area (Å²) in [6.45, 7) is 36.1. The van der Waals surface area contributed by atoms with Crippen LogP contribution in [0, 0.1) is 16.7 Å². The first-order valence-electron chi connectivity index (χ1n) is 43.8. The third kappa shape index (κ3) is 32.3. The number of pyridine rings is 1. The van der Waals surface area contributed by atoms with Gasteiger partial charge in [-0.2, -0.15) is 5.26 Å². The maximum Gasteiger partial charge on any atom is 0.407 e. The van der Waals surface area contributed by atoms with Crippen LogP contribution in [0.3, 0.4) is 0 Å². The minimum atomic E-state index is -1.19. The predicted molar refractivity (Wildman–Crippen MR) is 507 cm³/mol. The number of likely N-dealkylation sites (N-methyl/N-ethyl adjacent to an activating group) is 1. The number of aliphatic hydroxyl groups is 3. The monoisotopic (exact) mass is 1810 g/mol. The van der Waals surface area contributed by atoms with Gasteiger partial charge in [-0.25, -0.2) is 14.8 Å². The molecule has 694 valence electrons. The zero-order valence-electron chi connectivity index (χ0n) is 77.9. The number of carbonyl (C=O) groups excluding carboxylic acids is 6. The fraction of sp³-hybridized carbons (Fsp3) is 0.444. The number of rotatable bonds is 37. The molecule has 1 aliphatic heterocycles. The normalized spacial score (nSPS) is 13.9. The lowest BCUT2D eigenvalue weighted by molar-refractivity contribution is -0.128. The first-order valence-corrected chi connectivity index (χ1v) is 44.6. The van der Waals surface area contributed by atoms with Crippen LogP contribution in [-0.2, 0) is 45.5 Å². The summed E-state index contributed by atoms with van der Waals surface area (Å²) in [6.07, 6.45) is 8.33. The van der Waals surface area contributed by atoms with E-state index >= 15 is 0 Å². The van der Waals surface area contributed by atoms with Gasteiger partial charge in [0.25, 0.3) is 17.7 Å². The Morgan fingerprint density at radius 1 is 0.605 bits per heavy atom. The van der Waals surface area contributed by atoms with Crippen molar-refractivity contribution >= 4 is 70.2 Å². The summed E-state index contributed by atoms with van der Waals surface area (Å²) in [5.41, 5.74) is 16.6. The molecule has 10 rings (SSSR count). The van der Waals surface area contributed by atoms with Crippen molar-refractivity contribution in [1.82, 2.24) is 66.0 Å². The van der Waals surface area contributed by atoms with Gasteiger partial charge in [-0.05, 0) is 205 Å². The van der Waals surface area contributed by atoms with Crippen molar-refractivity contribution in [2.75, 3.05) is 60.0 Å². The van der Waals surface area contributed by atoms with E-state index in [1.807, 2.05) is 160 Å². The van der Waals surface area contributed by atoms with Crippen LogP contribution >= 0.6 is 23.2 Å². The number of aromatic nitrogens is 4. The first kappa shape index (κ1) is 103. The van der Waals surface area contributed by atoms with E-state index in [-0.39, 0.29) is 102 Å². The van der Waals surface area contributed by atoms with Crippen LogP contribution in [0.15, 0.2) is 164 Å². The van der Waals surface area contributed by atoms with Crippen molar-refractivity contribution in [1.29, 1.82) is 5.26 Å². The maximum atomic E-state index is 13.2. The topological polar surface area (TPSA) is 376 Å². The smallest absolute Gasteiger partial charge is 0.407 e. The van der Waals surface area contributed by atoms with E-state index in [1.165, 1.54) is 13.0 Å². The van der Waals surface area contributed by atoms with Gasteiger partial charge in [0, 0.05) is 121 Å². The lowest BCUT2D eigenvalue weighted by Gasteiger charge is -2.36. The number of benzene rings is 6. The second-order valence-electron chi connectivity index (χ2n) is 36.5. The van der Waals surface area contributed by atoms with Crippen molar-refractivity contribution < 1.29 is 63.0 Å². The molecular formula is C99H131Cl2N15O13. The zero-order chi connectivity index (χ0) is 94.8. The third-order valence-corrected chi connectivity index (χ3v) is 20.8. The predicted octanol–water partition coefficient (Wildman–Crippen LogP) is 14.2. The molecule has 6 aromatic carbocycles. The number of alkyl carbamates (subject to hydrolysis) is 1. The Balaban J connectivity index is 0.000000239. The number of ether oxygens (including phenoxy) is 4. The SMILES string of the molecule is CC(C)Oc1ccc(C(=O)NC(CCO)Cc2ccc(C3=CN(CCCNC(=O)OC(C)(C)C)C(C(C)(C)C)N3)cc2)cc1Cl.CC(C)Oc1ccc(C(=O)NC(CNC(=O)C(C)O)Cc2ccc(-c3cn4cccc(C(C)O)c4n3)cc2)cc1C#N.CC(C)Oc1ccc(C(=O)NC(CNC(=O)CN(C)C)Cc2ccc(-c3cn(CCN)c(C(C)(C)C)n3)cc2)cc1Cl. The molecule has 9 aromatic rings. The Labute approximate surface area is 769 Å². The van der Waals surface area contributed by atoms with E-state index < -0.39 is 41.8 Å². The summed E-state index contributed by atoms with van der Waals surface area (Å²) >= 11 is 12.7. The van der Waals surface area contributed by atoms with E-state index in [0.29, 0.717) is 89.4 Å². The molecule has 30 heteroatoms. The second kappa shape index (κ2) is 47.7. The molecule has 0 saturated heterocycles. The van der Waals surface area contributed by atoms with Crippen LogP contribution in [-0.4, -0.2) is 194 Å². The Bertz CT molecular complexity index is 5290. The molecule has 4 heterocycles. The number of nitriles is 1. The molecule has 0 bridgehead atoms. The van der Waals surface area contributed by atoms with E-state index in [2.05, 4.69) is 125 Å². The van der Waals surface area contributed by atoms with E-state index in [4.69, 9.17) is 57.9 Å². The maximum absolute atomic E-state index is 13.2. The molecule has 6 atom stereocenters. The first-order chi connectivity index (χ1) is 60.9. The van der Waals surface area contributed by atoms with Crippen LogP contribution in [0.5, 0.6) is 17.2 Å². The third-order valence-electron chi connectivity index (χ3n) is 20.2. The number of amides is 6. The number of aliphatic hydroxyl groups excluding tert-OH is 3. The molecule has 3 aromatic heterocycles. The summed E-state index contributed by atoms with van der Waals surface area (Å²) in [7, 11) is 3.67. The van der Waals surface area contributed by atoms with Crippen molar-refractivity contribution in [2.24, 2.45) is 11.1 Å². The van der Waals surface area contributed by atoms with Crippen LogP contribution in [0.4, 0.5) is 4.79 Å². The number of nitrogens with one attached hydrogen (secondary N) is 7. The number of halogens is 2. The number of nitrogens with two attached hydrogens (primary N) is 1. The standard InChI is InChI=1S/C35H51ClN4O5.C32H45ClN6O3.C32H35N5O5/c1-23(2)44-30-15-14-26(21-28(30)36)31(42)38-27(16-19-41)20-24-10-12-25(13-11-24)29-22-40(32(39-29)34(3,4)5)18-9-17-37-33(43)45-35(6,7)8;1-21(2)42-28-13-12-24(17-26(28)33)30(41)36-25(18-35-29(40)20-38(6)7)16-22-8-10-23(11-9-22)27-19-39(15-14-34)31(37-27)32(3,4)5;1-19(2)42-29-12-11-24(15-25(29)16-33)32(41)35-26(17-34-31(40)21(4)39)14-22-7-9-23(10-8-22)28-18-37-13-5-6-27(20(3)38)30(37)36-28/h10-15,21-23,27,32,39,41H,9,16-20H2,1-8H3,(H,37,43)(H,38,42);8-13,17,19,21,25H,14-16,18,20,34H2,1-7H3,(H,35,40)(H,36,41);5-13,15,18-21,26,38-39H,14,17H2,1-4H3,(H,34,40)(H,35,41). The van der Waals surface area contributed by atoms with Gasteiger partial charge in [-0.1, -0.05) is 144 Å². The molecule has 129 heavy (non-hydrogen) atoms. The summed E-state index contributed by atoms with van der Waals surface area (Å²) in [5, 5.41) is 60.9. The average molecular weight is 1810 g/mol. The van der Waals surface area contributed by atoms with E-state index in [0.717, 1.165) is 74.8 Å². The fourth-order valence-corrected chi connectivity index (χ4v) is 14.6. The molecule has 28 nitrogen and oxygen atoms in total. The van der Waals surface area contributed by atoms with Gasteiger partial charge >= 0.3 is 6.09 Å². The summed E-state index contributed by atoms with van der Waals surface area (Å²) in [4.78, 5) is 89.5. The highest BCUT2D eigenvalue weighted by molar-refractivity contribution is 6.32. The quantitative estimate of drug-likeness (QED) is 0.0161. The molecule has 12 N–H and O–H groups in total. The van der Waals surface area contributed by atoms with Crippen LogP contribution in [0.1, 0.15) is 207 Å². The molecular weight excluding hydrogens is 1680 g/mol. The van der Waals surface area contributed by atoms with Gasteiger partial charge in [0.15, 0.2) is 0 Å². The number of carbonyl (C=O) groups is 6. The minimum Gasteiger partial charge on any atom is -0.490 e. The number of nitrogens with zero attached hydrogens (tertiary/aromatic N) is 7. The molecule has 0 radical (unpaired) electrons. The lowest BCUT2D eigenvalue weighted by Crippen LogP contribution is -2.46. The largest absolute Gasteiger partial charge is 0.490 e. The highest BCUT2D eigenvalue weighted by atomic mass is 35.5. The van der Waals surface area contributed by atoms with Gasteiger partial charge in [-0.3, -0.25) is 24.0 Å². The van der Waals surface area contributed by atoms with Crippen molar-refractivity contribution in [3.63, 3.8) is 0 Å². The van der Waals surface area contributed by atoms with Gasteiger partial charge in [0.1, 0.15) is 52.7 Å². The van der Waals surface area contributed by atoms with Crippen molar-refractivity contribution in [3.8, 4) is 45.8 Å². The highest BCUT2D eigenvalue weighted by Crippen LogP contribution is 2.35. The lowest BCUT2D eigenvalue weighted by atomic mass is 9.91. The van der Waals surface area contributed by atoms with Gasteiger partial charge in [0.2, 0.25) is 11.8 Å².